The Morgan fingerprint density at radius 2 is 2.12 bits per heavy atom. The topological polar surface area (TPSA) is 110 Å². The molecular formula is C17H22N2O6. The summed E-state index contributed by atoms with van der Waals surface area (Å²) in [5.74, 6) is -1.46. The molecule has 1 unspecified atom stereocenters. The Balaban J connectivity index is 2.28. The monoisotopic (exact) mass is 350 g/mol. The maximum atomic E-state index is 12.7. The zero-order valence-corrected chi connectivity index (χ0v) is 14.5. The van der Waals surface area contributed by atoms with Crippen LogP contribution in [-0.4, -0.2) is 53.6 Å². The Hall–Kier alpha value is -2.48. The SMILES string of the molecule is COCC1(C(=O)O)CCN(C(=O)c2ccc(C(C)C)c([N+](=O)[O-])c2)C1. The van der Waals surface area contributed by atoms with Crippen molar-refractivity contribution in [2.75, 3.05) is 26.8 Å². The van der Waals surface area contributed by atoms with Crippen molar-refractivity contribution in [1.82, 2.24) is 4.90 Å². The lowest BCUT2D eigenvalue weighted by Crippen LogP contribution is -2.40. The number of likely N-dealkylation sites (tertiary alicyclic amines) is 1. The molecule has 8 nitrogen and oxygen atoms in total. The molecule has 25 heavy (non-hydrogen) atoms. The van der Waals surface area contributed by atoms with Gasteiger partial charge in [0.1, 0.15) is 5.41 Å². The van der Waals surface area contributed by atoms with Crippen LogP contribution in [0.3, 0.4) is 0 Å². The lowest BCUT2D eigenvalue weighted by molar-refractivity contribution is -0.385. The third kappa shape index (κ3) is 3.63. The first-order valence-electron chi connectivity index (χ1n) is 8.02. The molecule has 1 atom stereocenters. The van der Waals surface area contributed by atoms with Crippen LogP contribution >= 0.6 is 0 Å². The number of carbonyl (C=O) groups excluding carboxylic acids is 1. The smallest absolute Gasteiger partial charge is 0.313 e. The van der Waals surface area contributed by atoms with Crippen molar-refractivity contribution in [1.29, 1.82) is 0 Å². The van der Waals surface area contributed by atoms with Crippen LogP contribution in [0.4, 0.5) is 5.69 Å². The molecule has 0 spiro atoms. The fourth-order valence-electron chi connectivity index (χ4n) is 3.18. The zero-order chi connectivity index (χ0) is 18.8. The van der Waals surface area contributed by atoms with E-state index in [0.29, 0.717) is 5.56 Å². The van der Waals surface area contributed by atoms with E-state index in [9.17, 15) is 24.8 Å². The Bertz CT molecular complexity index is 702. The first-order chi connectivity index (χ1) is 11.7. The third-order valence-corrected chi connectivity index (χ3v) is 4.61. The van der Waals surface area contributed by atoms with Crippen molar-refractivity contribution in [3.05, 3.63) is 39.4 Å². The molecule has 0 radical (unpaired) electrons. The summed E-state index contributed by atoms with van der Waals surface area (Å²) in [5.41, 5.74) is -0.479. The summed E-state index contributed by atoms with van der Waals surface area (Å²) in [5, 5.41) is 20.8. The molecule has 8 heteroatoms. The molecule has 1 aromatic rings. The van der Waals surface area contributed by atoms with Gasteiger partial charge in [-0.2, -0.15) is 0 Å². The number of benzene rings is 1. The molecular weight excluding hydrogens is 328 g/mol. The predicted octanol–water partition coefficient (Wildman–Crippen LogP) is 2.28. The number of rotatable bonds is 6. The molecule has 1 amide bonds. The molecule has 136 valence electrons. The van der Waals surface area contributed by atoms with Crippen LogP contribution in [0, 0.1) is 15.5 Å². The van der Waals surface area contributed by atoms with Gasteiger partial charge in [0.2, 0.25) is 0 Å². The van der Waals surface area contributed by atoms with Gasteiger partial charge < -0.3 is 14.7 Å². The van der Waals surface area contributed by atoms with E-state index >= 15 is 0 Å². The fraction of sp³-hybridized carbons (Fsp3) is 0.529. The maximum Gasteiger partial charge on any atom is 0.313 e. The molecule has 1 fully saturated rings. The Labute approximate surface area is 145 Å². The summed E-state index contributed by atoms with van der Waals surface area (Å²) >= 11 is 0. The number of nitrogens with zero attached hydrogens (tertiary/aromatic N) is 2. The maximum absolute atomic E-state index is 12.7. The summed E-state index contributed by atoms with van der Waals surface area (Å²) in [6.45, 7) is 3.99. The minimum absolute atomic E-state index is 0.0124. The standard InChI is InChI=1S/C17H22N2O6/c1-11(2)13-5-4-12(8-14(13)19(23)24)15(20)18-7-6-17(9-18,10-25-3)16(21)22/h4-5,8,11H,6-7,9-10H2,1-3H3,(H,21,22). The minimum Gasteiger partial charge on any atom is -0.481 e. The molecule has 1 N–H and O–H groups in total. The second-order valence-corrected chi connectivity index (χ2v) is 6.68. The van der Waals surface area contributed by atoms with Crippen LogP contribution in [0.5, 0.6) is 0 Å². The minimum atomic E-state index is -1.13. The van der Waals surface area contributed by atoms with E-state index in [1.54, 1.807) is 12.1 Å². The molecule has 1 aliphatic heterocycles. The van der Waals surface area contributed by atoms with Crippen LogP contribution in [0.1, 0.15) is 42.1 Å². The number of carboxylic acids is 1. The van der Waals surface area contributed by atoms with Gasteiger partial charge in [0.25, 0.3) is 11.6 Å². The molecule has 2 rings (SSSR count). The molecule has 0 aliphatic carbocycles. The Morgan fingerprint density at radius 3 is 2.64 bits per heavy atom. The van der Waals surface area contributed by atoms with Crippen molar-refractivity contribution in [3.8, 4) is 0 Å². The first-order valence-corrected chi connectivity index (χ1v) is 8.02. The van der Waals surface area contributed by atoms with Gasteiger partial charge in [-0.1, -0.05) is 19.9 Å². The van der Waals surface area contributed by atoms with E-state index in [1.807, 2.05) is 13.8 Å². The van der Waals surface area contributed by atoms with E-state index in [-0.39, 0.29) is 43.3 Å². The number of hydrogen-bond donors (Lipinski definition) is 1. The second-order valence-electron chi connectivity index (χ2n) is 6.68. The van der Waals surface area contributed by atoms with Crippen molar-refractivity contribution < 1.29 is 24.4 Å². The average Bonchev–Trinajstić information content (AvgIpc) is 2.99. The normalized spacial score (nSPS) is 20.1. The summed E-state index contributed by atoms with van der Waals surface area (Å²) < 4.78 is 5.01. The highest BCUT2D eigenvalue weighted by Gasteiger charge is 2.46. The van der Waals surface area contributed by atoms with E-state index in [0.717, 1.165) is 0 Å². The number of nitro benzene ring substituents is 1. The van der Waals surface area contributed by atoms with Crippen LogP contribution in [-0.2, 0) is 9.53 Å². The number of ether oxygens (including phenoxy) is 1. The summed E-state index contributed by atoms with van der Waals surface area (Å²) in [6.07, 6.45) is 0.286. The van der Waals surface area contributed by atoms with Crippen molar-refractivity contribution in [3.63, 3.8) is 0 Å². The van der Waals surface area contributed by atoms with Gasteiger partial charge in [0, 0.05) is 37.4 Å². The van der Waals surface area contributed by atoms with Gasteiger partial charge in [-0.05, 0) is 18.4 Å². The number of carboxylic acid groups (broad SMARTS) is 1. The summed E-state index contributed by atoms with van der Waals surface area (Å²) in [4.78, 5) is 36.5. The molecule has 1 saturated heterocycles. The van der Waals surface area contributed by atoms with Crippen LogP contribution < -0.4 is 0 Å². The average molecular weight is 350 g/mol. The number of aliphatic carboxylic acids is 1. The molecule has 1 aliphatic rings. The van der Waals surface area contributed by atoms with Gasteiger partial charge >= 0.3 is 5.97 Å². The van der Waals surface area contributed by atoms with Crippen molar-refractivity contribution in [2.24, 2.45) is 5.41 Å². The van der Waals surface area contributed by atoms with Gasteiger partial charge in [-0.3, -0.25) is 19.7 Å². The molecule has 0 saturated carbocycles. The van der Waals surface area contributed by atoms with Gasteiger partial charge in [0.15, 0.2) is 0 Å². The van der Waals surface area contributed by atoms with Crippen LogP contribution in [0.15, 0.2) is 18.2 Å². The van der Waals surface area contributed by atoms with Gasteiger partial charge in [0.05, 0.1) is 11.5 Å². The first kappa shape index (κ1) is 18.9. The van der Waals surface area contributed by atoms with E-state index < -0.39 is 22.2 Å². The summed E-state index contributed by atoms with van der Waals surface area (Å²) in [6, 6.07) is 4.42. The molecule has 1 aromatic carbocycles. The lowest BCUT2D eigenvalue weighted by Gasteiger charge is -2.23. The Morgan fingerprint density at radius 1 is 1.44 bits per heavy atom. The van der Waals surface area contributed by atoms with Crippen molar-refractivity contribution in [2.45, 2.75) is 26.2 Å². The third-order valence-electron chi connectivity index (χ3n) is 4.61. The number of amides is 1. The van der Waals surface area contributed by atoms with Gasteiger partial charge in [-0.15, -0.1) is 0 Å². The molecule has 0 aromatic heterocycles. The van der Waals surface area contributed by atoms with Crippen LogP contribution in [0.2, 0.25) is 0 Å². The van der Waals surface area contributed by atoms with Crippen molar-refractivity contribution >= 4 is 17.6 Å². The fourth-order valence-corrected chi connectivity index (χ4v) is 3.18. The van der Waals surface area contributed by atoms with E-state index in [1.165, 1.54) is 18.1 Å². The van der Waals surface area contributed by atoms with E-state index in [2.05, 4.69) is 0 Å². The van der Waals surface area contributed by atoms with Gasteiger partial charge in [-0.25, -0.2) is 0 Å². The number of methoxy groups -OCH3 is 1. The molecule has 1 heterocycles. The number of hydrogen-bond acceptors (Lipinski definition) is 5. The number of nitro groups is 1. The largest absolute Gasteiger partial charge is 0.481 e. The quantitative estimate of drug-likeness (QED) is 0.622. The predicted molar refractivity (Wildman–Crippen MR) is 89.7 cm³/mol. The zero-order valence-electron chi connectivity index (χ0n) is 14.5. The molecule has 0 bridgehead atoms. The highest BCUT2D eigenvalue weighted by molar-refractivity contribution is 5.96. The lowest BCUT2D eigenvalue weighted by atomic mass is 9.88. The highest BCUT2D eigenvalue weighted by Crippen LogP contribution is 2.33. The summed E-state index contributed by atoms with van der Waals surface area (Å²) in [7, 11) is 1.42. The number of carbonyl (C=O) groups is 2. The van der Waals surface area contributed by atoms with Crippen LogP contribution in [0.25, 0.3) is 0 Å². The Kier molecular flexibility index (Phi) is 5.42. The highest BCUT2D eigenvalue weighted by atomic mass is 16.6. The van der Waals surface area contributed by atoms with E-state index in [4.69, 9.17) is 4.74 Å². The second kappa shape index (κ2) is 7.18.